The van der Waals surface area contributed by atoms with Gasteiger partial charge in [0.1, 0.15) is 18.2 Å². The molecule has 57 heavy (non-hydrogen) atoms. The number of rotatable bonds is 5. The summed E-state index contributed by atoms with van der Waals surface area (Å²) in [5.74, 6) is 0.894. The first-order chi connectivity index (χ1) is 28.2. The van der Waals surface area contributed by atoms with Crippen molar-refractivity contribution in [3.63, 3.8) is 0 Å². The molecular formula is C51H34N4S2. The van der Waals surface area contributed by atoms with E-state index < -0.39 is 0 Å². The highest BCUT2D eigenvalue weighted by atomic mass is 32.1. The molecule has 1 aliphatic rings. The van der Waals surface area contributed by atoms with E-state index in [1.54, 1.807) is 0 Å². The molecule has 11 aromatic rings. The maximum absolute atomic E-state index is 5.23. The molecule has 6 heteroatoms. The molecule has 1 aliphatic heterocycles. The molecule has 0 aliphatic carbocycles. The van der Waals surface area contributed by atoms with Crippen molar-refractivity contribution in [2.75, 3.05) is 0 Å². The van der Waals surface area contributed by atoms with Crippen LogP contribution in [0, 0.1) is 0 Å². The van der Waals surface area contributed by atoms with Crippen LogP contribution in [-0.2, 0) is 0 Å². The number of fused-ring (bicyclic) bond motifs is 9. The molecule has 0 saturated carbocycles. The quantitative estimate of drug-likeness (QED) is 0.183. The van der Waals surface area contributed by atoms with Crippen molar-refractivity contribution >= 4 is 90.7 Å². The Morgan fingerprint density at radius 1 is 0.421 bits per heavy atom. The van der Waals surface area contributed by atoms with E-state index in [4.69, 9.17) is 4.99 Å². The van der Waals surface area contributed by atoms with E-state index in [1.165, 1.54) is 84.5 Å². The number of aromatic nitrogens is 1. The van der Waals surface area contributed by atoms with Crippen LogP contribution < -0.4 is 10.6 Å². The number of hydrogen-bond acceptors (Lipinski definition) is 5. The highest BCUT2D eigenvalue weighted by Gasteiger charge is 2.26. The van der Waals surface area contributed by atoms with E-state index in [2.05, 4.69) is 191 Å². The van der Waals surface area contributed by atoms with Gasteiger partial charge in [-0.15, -0.1) is 22.7 Å². The lowest BCUT2D eigenvalue weighted by Gasteiger charge is -2.32. The molecular weight excluding hydrogens is 733 g/mol. The summed E-state index contributed by atoms with van der Waals surface area (Å²) >= 11 is 3.73. The van der Waals surface area contributed by atoms with Crippen LogP contribution >= 0.6 is 22.7 Å². The van der Waals surface area contributed by atoms with Crippen molar-refractivity contribution in [2.45, 2.75) is 12.3 Å². The van der Waals surface area contributed by atoms with Crippen molar-refractivity contribution in [2.24, 2.45) is 4.99 Å². The third-order valence-corrected chi connectivity index (χ3v) is 13.8. The maximum Gasteiger partial charge on any atom is 0.131 e. The lowest BCUT2D eigenvalue weighted by atomic mass is 10.0. The average molecular weight is 767 g/mol. The fourth-order valence-corrected chi connectivity index (χ4v) is 10.9. The fourth-order valence-electron chi connectivity index (χ4n) is 8.72. The standard InChI is InChI=1S/C51H34N4S2/c1-3-11-31(12-4-1)49-52-50(32-13-5-2-6-14-32)54-51(53-49)35-21-25-46-41(28-35)40-27-33(20-24-45(40)56-46)34-19-23-39-42-30-36(22-26-47(42)57-48(39)29-34)55-43-17-9-7-15-37(43)38-16-8-10-18-44(38)55/h1-30,49,51,53H,(H,52,54). The number of aliphatic imine (C=N–C) groups is 1. The predicted molar refractivity (Wildman–Crippen MR) is 243 cm³/mol. The lowest BCUT2D eigenvalue weighted by Crippen LogP contribution is -2.44. The van der Waals surface area contributed by atoms with Gasteiger partial charge in [-0.25, -0.2) is 4.99 Å². The second kappa shape index (κ2) is 13.0. The molecule has 2 unspecified atom stereocenters. The zero-order chi connectivity index (χ0) is 37.5. The van der Waals surface area contributed by atoms with Crippen LogP contribution in [0.2, 0.25) is 0 Å². The first-order valence-electron chi connectivity index (χ1n) is 19.3. The fraction of sp³-hybridized carbons (Fsp3) is 0.0392. The smallest absolute Gasteiger partial charge is 0.131 e. The normalized spacial score (nSPS) is 15.9. The first kappa shape index (κ1) is 32.7. The van der Waals surface area contributed by atoms with Gasteiger partial charge in [-0.1, -0.05) is 121 Å². The minimum Gasteiger partial charge on any atom is -0.350 e. The summed E-state index contributed by atoms with van der Waals surface area (Å²) in [6, 6.07) is 66.2. The zero-order valence-electron chi connectivity index (χ0n) is 30.7. The molecule has 2 N–H and O–H groups in total. The van der Waals surface area contributed by atoms with Crippen LogP contribution in [0.3, 0.4) is 0 Å². The summed E-state index contributed by atoms with van der Waals surface area (Å²) in [5.41, 5.74) is 9.52. The molecule has 4 heterocycles. The van der Waals surface area contributed by atoms with Crippen LogP contribution in [0.4, 0.5) is 0 Å². The lowest BCUT2D eigenvalue weighted by molar-refractivity contribution is 0.409. The predicted octanol–water partition coefficient (Wildman–Crippen LogP) is 13.5. The Morgan fingerprint density at radius 2 is 1.02 bits per heavy atom. The van der Waals surface area contributed by atoms with Crippen LogP contribution in [0.15, 0.2) is 187 Å². The van der Waals surface area contributed by atoms with Gasteiger partial charge in [0.15, 0.2) is 0 Å². The first-order valence-corrected chi connectivity index (χ1v) is 21.0. The third-order valence-electron chi connectivity index (χ3n) is 11.5. The van der Waals surface area contributed by atoms with Crippen molar-refractivity contribution in [3.05, 3.63) is 199 Å². The second-order valence-corrected chi connectivity index (χ2v) is 17.0. The summed E-state index contributed by atoms with van der Waals surface area (Å²) in [4.78, 5) is 5.23. The number of amidine groups is 1. The van der Waals surface area contributed by atoms with E-state index in [-0.39, 0.29) is 12.3 Å². The number of para-hydroxylation sites is 2. The minimum atomic E-state index is -0.208. The van der Waals surface area contributed by atoms with E-state index >= 15 is 0 Å². The Balaban J connectivity index is 0.924. The molecule has 0 bridgehead atoms. The molecule has 12 rings (SSSR count). The summed E-state index contributed by atoms with van der Waals surface area (Å²) in [6.45, 7) is 0. The van der Waals surface area contributed by atoms with E-state index in [1.807, 2.05) is 28.7 Å². The Morgan fingerprint density at radius 3 is 1.79 bits per heavy atom. The second-order valence-electron chi connectivity index (χ2n) is 14.8. The van der Waals surface area contributed by atoms with Gasteiger partial charge >= 0.3 is 0 Å². The van der Waals surface area contributed by atoms with Gasteiger partial charge in [0.05, 0.1) is 11.0 Å². The zero-order valence-corrected chi connectivity index (χ0v) is 32.3. The maximum atomic E-state index is 5.23. The number of nitrogens with zero attached hydrogens (tertiary/aromatic N) is 2. The molecule has 0 spiro atoms. The summed E-state index contributed by atoms with van der Waals surface area (Å²) in [7, 11) is 0. The molecule has 4 nitrogen and oxygen atoms in total. The summed E-state index contributed by atoms with van der Waals surface area (Å²) in [5, 5.41) is 15.2. The Hall–Kier alpha value is -6.57. The van der Waals surface area contributed by atoms with Gasteiger partial charge in [0, 0.05) is 62.4 Å². The molecule has 0 radical (unpaired) electrons. The van der Waals surface area contributed by atoms with Crippen molar-refractivity contribution in [1.82, 2.24) is 15.2 Å². The molecule has 0 fully saturated rings. The van der Waals surface area contributed by atoms with E-state index in [0.29, 0.717) is 0 Å². The van der Waals surface area contributed by atoms with E-state index in [0.717, 1.165) is 17.0 Å². The molecule has 3 aromatic heterocycles. The minimum absolute atomic E-state index is 0.0746. The van der Waals surface area contributed by atoms with E-state index in [9.17, 15) is 0 Å². The number of hydrogen-bond donors (Lipinski definition) is 2. The van der Waals surface area contributed by atoms with Crippen LogP contribution in [0.5, 0.6) is 0 Å². The van der Waals surface area contributed by atoms with Crippen LogP contribution in [0.25, 0.3) is 79.0 Å². The average Bonchev–Trinajstić information content (AvgIpc) is 3.95. The van der Waals surface area contributed by atoms with Crippen LogP contribution in [0.1, 0.15) is 29.0 Å². The number of benzene rings is 8. The van der Waals surface area contributed by atoms with Gasteiger partial charge in [0.25, 0.3) is 0 Å². The highest BCUT2D eigenvalue weighted by molar-refractivity contribution is 7.26. The Bertz CT molecular complexity index is 3320. The molecule has 0 amide bonds. The largest absolute Gasteiger partial charge is 0.350 e. The molecule has 270 valence electrons. The van der Waals surface area contributed by atoms with Gasteiger partial charge in [-0.3, -0.25) is 5.32 Å². The number of nitrogens with one attached hydrogen (secondary N) is 2. The van der Waals surface area contributed by atoms with Crippen molar-refractivity contribution in [3.8, 4) is 16.8 Å². The Labute approximate surface area is 337 Å². The van der Waals surface area contributed by atoms with Gasteiger partial charge in [-0.05, 0) is 82.9 Å². The number of thiophene rings is 2. The molecule has 2 atom stereocenters. The van der Waals surface area contributed by atoms with Gasteiger partial charge in [0.2, 0.25) is 0 Å². The molecule has 0 saturated heterocycles. The third kappa shape index (κ3) is 5.41. The van der Waals surface area contributed by atoms with Crippen LogP contribution in [-0.4, -0.2) is 10.4 Å². The summed E-state index contributed by atoms with van der Waals surface area (Å²) < 4.78 is 7.59. The molecule has 8 aromatic carbocycles. The summed E-state index contributed by atoms with van der Waals surface area (Å²) in [6.07, 6.45) is -0.283. The van der Waals surface area contributed by atoms with Crippen molar-refractivity contribution < 1.29 is 0 Å². The van der Waals surface area contributed by atoms with Gasteiger partial charge in [-0.2, -0.15) is 0 Å². The Kier molecular flexibility index (Phi) is 7.45. The monoisotopic (exact) mass is 766 g/mol. The highest BCUT2D eigenvalue weighted by Crippen LogP contribution is 2.42. The SMILES string of the molecule is c1ccc(C2=NC(c3ccc4sc5ccc(-c6ccc7c(c6)sc6ccc(-n8c9ccccc9c9ccccc98)cc67)cc5c4c3)NC(c3ccccc3)N2)cc1. The van der Waals surface area contributed by atoms with Crippen molar-refractivity contribution in [1.29, 1.82) is 0 Å². The van der Waals surface area contributed by atoms with Gasteiger partial charge < -0.3 is 9.88 Å². The topological polar surface area (TPSA) is 41.4 Å².